The van der Waals surface area contributed by atoms with Gasteiger partial charge < -0.3 is 0 Å². The molecule has 0 nitrogen and oxygen atoms in total. The smallest absolute Gasteiger partial charge is 0.0307 e. The molecule has 0 N–H and O–H groups in total. The topological polar surface area (TPSA) is 0 Å². The molecule has 4 aliphatic carbocycles. The zero-order valence-corrected chi connectivity index (χ0v) is 15.2. The van der Waals surface area contributed by atoms with Gasteiger partial charge in [-0.15, -0.1) is 0 Å². The van der Waals surface area contributed by atoms with E-state index in [-0.39, 0.29) is 0 Å². The summed E-state index contributed by atoms with van der Waals surface area (Å²) in [5.41, 5.74) is 0. The molecule has 0 heterocycles. The fourth-order valence-corrected chi connectivity index (χ4v) is 12.2. The third kappa shape index (κ3) is 2.07. The van der Waals surface area contributed by atoms with Gasteiger partial charge in [-0.3, -0.25) is 0 Å². The summed E-state index contributed by atoms with van der Waals surface area (Å²) in [5.74, 6) is 4.02. The molecule has 0 saturated heterocycles. The molecule has 0 aromatic rings. The van der Waals surface area contributed by atoms with E-state index >= 15 is 0 Å². The fourth-order valence-electron chi connectivity index (χ4n) is 4.73. The van der Waals surface area contributed by atoms with Gasteiger partial charge in [0.2, 0.25) is 0 Å². The lowest BCUT2D eigenvalue weighted by Gasteiger charge is -2.30. The van der Waals surface area contributed by atoms with E-state index in [1.807, 2.05) is 0 Å². The van der Waals surface area contributed by atoms with E-state index in [4.69, 9.17) is 0 Å². The Morgan fingerprint density at radius 2 is 1.00 bits per heavy atom. The first kappa shape index (κ1) is 13.3. The van der Waals surface area contributed by atoms with Gasteiger partial charge in [0.1, 0.15) is 0 Å². The van der Waals surface area contributed by atoms with Crippen molar-refractivity contribution in [1.29, 1.82) is 0 Å². The van der Waals surface area contributed by atoms with Crippen LogP contribution in [0, 0.1) is 23.7 Å². The number of rotatable bonds is 3. The monoisotopic (exact) mass is 410 g/mol. The molecular weight excluding hydrogens is 392 g/mol. The number of fused-ring (bicyclic) bond motifs is 4. The van der Waals surface area contributed by atoms with Crippen LogP contribution in [0.4, 0.5) is 0 Å². The minimum Gasteiger partial charge on any atom is -0.0889 e. The minimum atomic E-state index is 0.807. The van der Waals surface area contributed by atoms with Crippen LogP contribution in [0.25, 0.3) is 0 Å². The summed E-state index contributed by atoms with van der Waals surface area (Å²) in [6.07, 6.45) is 8.97. The van der Waals surface area contributed by atoms with Crippen LogP contribution in [0.1, 0.15) is 38.5 Å². The summed E-state index contributed by atoms with van der Waals surface area (Å²) in [7, 11) is 4.47. The second-order valence-electron chi connectivity index (χ2n) is 6.68. The van der Waals surface area contributed by atoms with Gasteiger partial charge in [-0.2, -0.15) is 0 Å². The summed E-state index contributed by atoms with van der Waals surface area (Å²) in [6.45, 7) is 0. The summed E-state index contributed by atoms with van der Waals surface area (Å²) in [6, 6.07) is 0. The van der Waals surface area contributed by atoms with Crippen molar-refractivity contribution < 1.29 is 0 Å². The molecule has 4 heteroatoms. The lowest BCUT2D eigenvalue weighted by atomic mass is 10.0. The Labute approximate surface area is 135 Å². The van der Waals surface area contributed by atoms with Gasteiger partial charge in [0.15, 0.2) is 0 Å². The van der Waals surface area contributed by atoms with Crippen molar-refractivity contribution in [2.24, 2.45) is 23.7 Å². The molecule has 4 aliphatic rings. The zero-order valence-electron chi connectivity index (χ0n) is 10.4. The van der Waals surface area contributed by atoms with E-state index in [1.54, 1.807) is 0 Å². The Bertz CT molecular complexity index is 302. The highest BCUT2D eigenvalue weighted by atomic mass is 79.9. The highest BCUT2D eigenvalue weighted by Gasteiger charge is 2.50. The van der Waals surface area contributed by atoms with Crippen molar-refractivity contribution in [1.82, 2.24) is 0 Å². The Morgan fingerprint density at radius 1 is 0.611 bits per heavy atom. The highest BCUT2D eigenvalue weighted by Crippen LogP contribution is 2.60. The fraction of sp³-hybridized carbons (Fsp3) is 1.00. The van der Waals surface area contributed by atoms with Crippen molar-refractivity contribution in [3.8, 4) is 0 Å². The van der Waals surface area contributed by atoms with Gasteiger partial charge in [-0.25, -0.2) is 0 Å². The van der Waals surface area contributed by atoms with E-state index in [9.17, 15) is 0 Å². The Balaban J connectivity index is 1.36. The molecule has 4 rings (SSSR count). The molecule has 102 valence electrons. The van der Waals surface area contributed by atoms with E-state index in [2.05, 4.69) is 53.4 Å². The van der Waals surface area contributed by atoms with E-state index < -0.39 is 0 Å². The van der Waals surface area contributed by atoms with Crippen molar-refractivity contribution in [3.05, 3.63) is 0 Å². The number of hydrogen-bond acceptors (Lipinski definition) is 2. The molecule has 0 aromatic carbocycles. The van der Waals surface area contributed by atoms with E-state index in [1.165, 1.54) is 38.5 Å². The summed E-state index contributed by atoms with van der Waals surface area (Å²) in [4.78, 5) is 1.61. The summed E-state index contributed by atoms with van der Waals surface area (Å²) in [5, 5.41) is 1.79. The lowest BCUT2D eigenvalue weighted by molar-refractivity contribution is 0.507. The molecule has 0 aliphatic heterocycles. The second kappa shape index (κ2) is 5.14. The molecule has 8 atom stereocenters. The second-order valence-corrected chi connectivity index (χ2v) is 11.4. The van der Waals surface area contributed by atoms with Crippen LogP contribution < -0.4 is 0 Å². The SMILES string of the molecule is Br[C@@H]1[C@H]2CC[C@@H](C2)[C@H]1SS[C@H]1[C@@H]2CC[C@H](C2)[C@@H]1Br. The molecule has 0 spiro atoms. The van der Waals surface area contributed by atoms with Gasteiger partial charge in [-0.1, -0.05) is 53.4 Å². The van der Waals surface area contributed by atoms with Crippen molar-refractivity contribution in [3.63, 3.8) is 0 Å². The summed E-state index contributed by atoms with van der Waals surface area (Å²) >= 11 is 7.96. The van der Waals surface area contributed by atoms with E-state index in [0.29, 0.717) is 0 Å². The lowest BCUT2D eigenvalue weighted by Crippen LogP contribution is -2.27. The molecule has 4 bridgehead atoms. The van der Waals surface area contributed by atoms with Crippen LogP contribution in [0.2, 0.25) is 0 Å². The van der Waals surface area contributed by atoms with Gasteiger partial charge in [0.25, 0.3) is 0 Å². The van der Waals surface area contributed by atoms with Crippen LogP contribution in [0.3, 0.4) is 0 Å². The Morgan fingerprint density at radius 3 is 1.33 bits per heavy atom. The van der Waals surface area contributed by atoms with Crippen LogP contribution in [0.5, 0.6) is 0 Å². The molecule has 0 amide bonds. The van der Waals surface area contributed by atoms with Gasteiger partial charge in [0, 0.05) is 20.2 Å². The van der Waals surface area contributed by atoms with Crippen molar-refractivity contribution >= 4 is 53.4 Å². The third-order valence-corrected chi connectivity index (χ3v) is 12.7. The number of alkyl halides is 2. The first-order valence-electron chi connectivity index (χ1n) is 7.34. The normalized spacial score (nSPS) is 57.7. The number of halogens is 2. The standard InChI is InChI=1S/C14H20Br2S2/c15-11-7-1-3-9(5-7)13(11)17-18-14-10-4-2-8(6-10)12(14)16/h7-14H,1-6H2/t7-,8+,9-,10+,11+,12-,13+,14-. The first-order valence-corrected chi connectivity index (χ1v) is 11.4. The quantitative estimate of drug-likeness (QED) is 0.444. The molecule has 0 aromatic heterocycles. The Hall–Kier alpha value is 1.66. The van der Waals surface area contributed by atoms with Crippen molar-refractivity contribution in [2.45, 2.75) is 58.7 Å². The molecule has 0 radical (unpaired) electrons. The van der Waals surface area contributed by atoms with Gasteiger partial charge in [0.05, 0.1) is 0 Å². The van der Waals surface area contributed by atoms with E-state index in [0.717, 1.165) is 43.8 Å². The maximum absolute atomic E-state index is 3.98. The maximum atomic E-state index is 3.98. The van der Waals surface area contributed by atoms with Gasteiger partial charge in [-0.05, 0) is 62.2 Å². The number of hydrogen-bond donors (Lipinski definition) is 0. The Kier molecular flexibility index (Phi) is 3.80. The largest absolute Gasteiger partial charge is 0.0889 e. The predicted octanol–water partition coefficient (Wildman–Crippen LogP) is 5.49. The zero-order chi connectivity index (χ0) is 12.3. The predicted molar refractivity (Wildman–Crippen MR) is 89.9 cm³/mol. The minimum absolute atomic E-state index is 0.807. The average Bonchev–Trinajstić information content (AvgIpc) is 3.08. The van der Waals surface area contributed by atoms with Gasteiger partial charge >= 0.3 is 0 Å². The highest BCUT2D eigenvalue weighted by molar-refractivity contribution is 9.10. The van der Waals surface area contributed by atoms with Crippen LogP contribution in [0.15, 0.2) is 0 Å². The maximum Gasteiger partial charge on any atom is 0.0307 e. The van der Waals surface area contributed by atoms with Crippen LogP contribution in [-0.4, -0.2) is 20.2 Å². The molecular formula is C14H20Br2S2. The molecule has 18 heavy (non-hydrogen) atoms. The van der Waals surface area contributed by atoms with Crippen LogP contribution in [-0.2, 0) is 0 Å². The third-order valence-electron chi connectivity index (χ3n) is 5.76. The molecule has 4 fully saturated rings. The van der Waals surface area contributed by atoms with Crippen molar-refractivity contribution in [2.75, 3.05) is 0 Å². The van der Waals surface area contributed by atoms with Crippen LogP contribution >= 0.6 is 53.4 Å². The first-order chi connectivity index (χ1) is 8.74. The molecule has 4 saturated carbocycles. The molecule has 0 unspecified atom stereocenters. The average molecular weight is 412 g/mol. The summed E-state index contributed by atoms with van der Waals surface area (Å²) < 4.78 is 0.